The van der Waals surface area contributed by atoms with Crippen LogP contribution in [0.2, 0.25) is 0 Å². The van der Waals surface area contributed by atoms with Gasteiger partial charge in [-0.3, -0.25) is 4.79 Å². The summed E-state index contributed by atoms with van der Waals surface area (Å²) in [7, 11) is 0. The van der Waals surface area contributed by atoms with E-state index in [1.54, 1.807) is 0 Å². The van der Waals surface area contributed by atoms with Gasteiger partial charge in [-0.15, -0.1) is 0 Å². The number of carbonyl (C=O) groups excluding carboxylic acids is 1. The third-order valence-electron chi connectivity index (χ3n) is 5.30. The van der Waals surface area contributed by atoms with E-state index >= 15 is 0 Å². The van der Waals surface area contributed by atoms with Crippen LogP contribution in [0.5, 0.6) is 0 Å². The number of aryl methyl sites for hydroxylation is 1. The van der Waals surface area contributed by atoms with E-state index in [4.69, 9.17) is 0 Å². The molecule has 0 bridgehead atoms. The number of aromatic nitrogens is 1. The topological polar surface area (TPSA) is 39.3 Å². The molecule has 2 aromatic carbocycles. The zero-order valence-electron chi connectivity index (χ0n) is 14.7. The van der Waals surface area contributed by atoms with Crippen LogP contribution in [0.3, 0.4) is 0 Å². The quantitative estimate of drug-likeness (QED) is 0.776. The number of nitrogens with zero attached hydrogens (tertiary/aromatic N) is 2. The first-order valence-corrected chi connectivity index (χ1v) is 8.81. The summed E-state index contributed by atoms with van der Waals surface area (Å²) in [6.07, 6.45) is 1.84. The highest BCUT2D eigenvalue weighted by atomic mass is 16.2. The fourth-order valence-corrected chi connectivity index (χ4v) is 3.65. The molecule has 4 heteroatoms. The van der Waals surface area contributed by atoms with E-state index in [1.807, 2.05) is 35.4 Å². The third kappa shape index (κ3) is 2.78. The average Bonchev–Trinajstić information content (AvgIpc) is 3.08. The van der Waals surface area contributed by atoms with E-state index in [-0.39, 0.29) is 5.91 Å². The number of amides is 1. The van der Waals surface area contributed by atoms with Crippen LogP contribution in [-0.4, -0.2) is 42.0 Å². The Morgan fingerprint density at radius 2 is 1.72 bits per heavy atom. The van der Waals surface area contributed by atoms with Gasteiger partial charge in [0.1, 0.15) is 0 Å². The molecule has 4 rings (SSSR count). The Bertz CT molecular complexity index is 920. The molecule has 1 aliphatic heterocycles. The van der Waals surface area contributed by atoms with E-state index < -0.39 is 0 Å². The van der Waals surface area contributed by atoms with E-state index in [9.17, 15) is 4.79 Å². The van der Waals surface area contributed by atoms with Crippen LogP contribution in [0, 0.1) is 13.8 Å². The SMILES string of the molecule is Cc1cccc(N2CCN(C(=O)c3c[nH]c4ccccc34)CC2)c1C. The highest BCUT2D eigenvalue weighted by Gasteiger charge is 2.24. The molecule has 1 saturated heterocycles. The molecule has 0 spiro atoms. The lowest BCUT2D eigenvalue weighted by atomic mass is 10.1. The molecule has 1 aliphatic rings. The summed E-state index contributed by atoms with van der Waals surface area (Å²) in [4.78, 5) is 20.5. The van der Waals surface area contributed by atoms with E-state index in [2.05, 4.69) is 41.9 Å². The van der Waals surface area contributed by atoms with Crippen LogP contribution in [0.25, 0.3) is 10.9 Å². The molecule has 0 saturated carbocycles. The van der Waals surface area contributed by atoms with Crippen molar-refractivity contribution >= 4 is 22.5 Å². The number of H-pyrrole nitrogens is 1. The van der Waals surface area contributed by atoms with Crippen molar-refractivity contribution in [3.05, 3.63) is 65.4 Å². The van der Waals surface area contributed by atoms with Gasteiger partial charge in [0.25, 0.3) is 5.91 Å². The summed E-state index contributed by atoms with van der Waals surface area (Å²) in [5.74, 6) is 0.123. The first kappa shape index (κ1) is 15.8. The minimum atomic E-state index is 0.123. The van der Waals surface area contributed by atoms with Crippen LogP contribution in [0.1, 0.15) is 21.5 Å². The number of anilines is 1. The fourth-order valence-electron chi connectivity index (χ4n) is 3.65. The summed E-state index contributed by atoms with van der Waals surface area (Å²) in [6.45, 7) is 7.58. The molecule has 3 aromatic rings. The van der Waals surface area contributed by atoms with E-state index in [0.717, 1.165) is 42.6 Å². The number of benzene rings is 2. The van der Waals surface area contributed by atoms with Crippen molar-refractivity contribution in [2.75, 3.05) is 31.1 Å². The minimum absolute atomic E-state index is 0.123. The second-order valence-corrected chi connectivity index (χ2v) is 6.75. The number of hydrogen-bond donors (Lipinski definition) is 1. The lowest BCUT2D eigenvalue weighted by Crippen LogP contribution is -2.49. The minimum Gasteiger partial charge on any atom is -0.368 e. The van der Waals surface area contributed by atoms with Gasteiger partial charge in [0.05, 0.1) is 5.56 Å². The number of hydrogen-bond acceptors (Lipinski definition) is 2. The summed E-state index contributed by atoms with van der Waals surface area (Å²) in [5, 5.41) is 1.00. The van der Waals surface area contributed by atoms with Crippen LogP contribution >= 0.6 is 0 Å². The maximum atomic E-state index is 12.9. The Kier molecular flexibility index (Phi) is 3.96. The standard InChI is InChI=1S/C21H23N3O/c1-15-6-5-9-20(16(15)2)23-10-12-24(13-11-23)21(25)18-14-22-19-8-4-3-7-17(18)19/h3-9,14,22H,10-13H2,1-2H3. The molecule has 2 heterocycles. The number of aromatic amines is 1. The summed E-state index contributed by atoms with van der Waals surface area (Å²) >= 11 is 0. The van der Waals surface area contributed by atoms with E-state index in [0.29, 0.717) is 0 Å². The predicted molar refractivity (Wildman–Crippen MR) is 102 cm³/mol. The zero-order valence-corrected chi connectivity index (χ0v) is 14.7. The molecule has 4 nitrogen and oxygen atoms in total. The molecule has 1 N–H and O–H groups in total. The molecule has 0 radical (unpaired) electrons. The van der Waals surface area contributed by atoms with Crippen LogP contribution in [0.4, 0.5) is 5.69 Å². The first-order chi connectivity index (χ1) is 12.1. The van der Waals surface area contributed by atoms with Crippen molar-refractivity contribution in [3.63, 3.8) is 0 Å². The van der Waals surface area contributed by atoms with Gasteiger partial charge < -0.3 is 14.8 Å². The summed E-state index contributed by atoms with van der Waals surface area (Å²) in [6, 6.07) is 14.4. The highest BCUT2D eigenvalue weighted by molar-refractivity contribution is 6.06. The number of rotatable bonds is 2. The van der Waals surface area contributed by atoms with E-state index in [1.165, 1.54) is 16.8 Å². The smallest absolute Gasteiger partial charge is 0.256 e. The van der Waals surface area contributed by atoms with Crippen molar-refractivity contribution in [2.45, 2.75) is 13.8 Å². The molecular formula is C21H23N3O. The number of para-hydroxylation sites is 1. The van der Waals surface area contributed by atoms with Crippen molar-refractivity contribution < 1.29 is 4.79 Å². The molecule has 0 aliphatic carbocycles. The largest absolute Gasteiger partial charge is 0.368 e. The van der Waals surface area contributed by atoms with Gasteiger partial charge in [0, 0.05) is 49.0 Å². The predicted octanol–water partition coefficient (Wildman–Crippen LogP) is 3.75. The Morgan fingerprint density at radius 1 is 0.960 bits per heavy atom. The van der Waals surface area contributed by atoms with Gasteiger partial charge in [-0.05, 0) is 37.1 Å². The number of piperazine rings is 1. The average molecular weight is 333 g/mol. The summed E-state index contributed by atoms with van der Waals surface area (Å²) < 4.78 is 0. The maximum absolute atomic E-state index is 12.9. The molecule has 1 aromatic heterocycles. The lowest BCUT2D eigenvalue weighted by molar-refractivity contribution is 0.0749. The van der Waals surface area contributed by atoms with Gasteiger partial charge in [-0.1, -0.05) is 30.3 Å². The number of fused-ring (bicyclic) bond motifs is 1. The second-order valence-electron chi connectivity index (χ2n) is 6.75. The Hall–Kier alpha value is -2.75. The molecule has 1 amide bonds. The first-order valence-electron chi connectivity index (χ1n) is 8.81. The van der Waals surface area contributed by atoms with Crippen LogP contribution in [0.15, 0.2) is 48.7 Å². The Morgan fingerprint density at radius 3 is 2.52 bits per heavy atom. The lowest BCUT2D eigenvalue weighted by Gasteiger charge is -2.37. The molecule has 128 valence electrons. The van der Waals surface area contributed by atoms with Gasteiger partial charge in [-0.25, -0.2) is 0 Å². The molecule has 25 heavy (non-hydrogen) atoms. The monoisotopic (exact) mass is 333 g/mol. The molecule has 0 atom stereocenters. The Balaban J connectivity index is 1.50. The van der Waals surface area contributed by atoms with Gasteiger partial charge in [0.2, 0.25) is 0 Å². The maximum Gasteiger partial charge on any atom is 0.256 e. The third-order valence-corrected chi connectivity index (χ3v) is 5.30. The van der Waals surface area contributed by atoms with Gasteiger partial charge in [-0.2, -0.15) is 0 Å². The molecule has 1 fully saturated rings. The van der Waals surface area contributed by atoms with Gasteiger partial charge >= 0.3 is 0 Å². The Labute approximate surface area is 148 Å². The molecule has 0 unspecified atom stereocenters. The summed E-state index contributed by atoms with van der Waals surface area (Å²) in [5.41, 5.74) is 5.73. The van der Waals surface area contributed by atoms with Crippen molar-refractivity contribution in [3.8, 4) is 0 Å². The van der Waals surface area contributed by atoms with Crippen molar-refractivity contribution in [2.24, 2.45) is 0 Å². The number of carbonyl (C=O) groups is 1. The van der Waals surface area contributed by atoms with Crippen molar-refractivity contribution in [1.29, 1.82) is 0 Å². The zero-order chi connectivity index (χ0) is 17.4. The number of nitrogens with one attached hydrogen (secondary N) is 1. The molecular weight excluding hydrogens is 310 g/mol. The van der Waals surface area contributed by atoms with Crippen LogP contribution < -0.4 is 4.90 Å². The highest BCUT2D eigenvalue weighted by Crippen LogP contribution is 2.25. The fraction of sp³-hybridized carbons (Fsp3) is 0.286. The van der Waals surface area contributed by atoms with Crippen LogP contribution in [-0.2, 0) is 0 Å². The van der Waals surface area contributed by atoms with Crippen molar-refractivity contribution in [1.82, 2.24) is 9.88 Å². The second kappa shape index (κ2) is 6.28. The normalized spacial score (nSPS) is 15.0. The van der Waals surface area contributed by atoms with Gasteiger partial charge in [0.15, 0.2) is 0 Å².